The van der Waals surface area contributed by atoms with E-state index in [9.17, 15) is 30.0 Å². The quantitative estimate of drug-likeness (QED) is 0.178. The Bertz CT molecular complexity index is 1880. The summed E-state index contributed by atoms with van der Waals surface area (Å²) in [6, 6.07) is 10.9. The minimum atomic E-state index is -9.98. The normalized spacial score (nSPS) is 16.3. The van der Waals surface area contributed by atoms with Crippen molar-refractivity contribution in [3.8, 4) is 34.4 Å². The molecule has 0 bridgehead atoms. The molecule has 0 N–H and O–H groups in total. The summed E-state index contributed by atoms with van der Waals surface area (Å²) in [6.45, 7) is 17.1. The number of nitrogens with zero attached hydrogens (tertiary/aromatic N) is 4. The van der Waals surface area contributed by atoms with Gasteiger partial charge >= 0.3 is 10.2 Å². The lowest BCUT2D eigenvalue weighted by molar-refractivity contribution is 0.364. The van der Waals surface area contributed by atoms with Crippen molar-refractivity contribution in [2.75, 3.05) is 0 Å². The fourth-order valence-corrected chi connectivity index (χ4v) is 5.99. The average molecular weight is 520 g/mol. The van der Waals surface area contributed by atoms with Gasteiger partial charge in [-0.1, -0.05) is 49.3 Å². The summed E-state index contributed by atoms with van der Waals surface area (Å²) in [5.74, 6) is 0. The molecule has 0 saturated carbocycles. The van der Waals surface area contributed by atoms with E-state index in [1.807, 2.05) is 31.2 Å². The van der Waals surface area contributed by atoms with E-state index < -0.39 is 15.1 Å². The summed E-state index contributed by atoms with van der Waals surface area (Å²) in [7, 11) is -9.98. The van der Waals surface area contributed by atoms with E-state index >= 15 is 0 Å². The first-order valence-corrected chi connectivity index (χ1v) is 12.7. The van der Waals surface area contributed by atoms with Gasteiger partial charge < -0.3 is 0 Å². The summed E-state index contributed by atoms with van der Waals surface area (Å²) < 4.78 is 68.0. The molecule has 0 amide bonds. The average Bonchev–Trinajstić information content (AvgIpc) is 3.37. The zero-order chi connectivity index (χ0) is 27.0. The number of benzene rings is 3. The topological polar surface area (TPSA) is 56.3 Å². The molecule has 2 aliphatic rings. The summed E-state index contributed by atoms with van der Waals surface area (Å²) >= 11 is 0. The molecular formula is C27H13F5N4S. The molecule has 5 rings (SSSR count). The first-order chi connectivity index (χ1) is 17.2. The molecule has 2 aliphatic carbocycles. The fraction of sp³-hybridized carbons (Fsp3) is 0.111. The Morgan fingerprint density at radius 3 is 1.76 bits per heavy atom. The van der Waals surface area contributed by atoms with E-state index in [0.29, 0.717) is 28.8 Å². The summed E-state index contributed by atoms with van der Waals surface area (Å²) in [6.07, 6.45) is 0.00116. The lowest BCUT2D eigenvalue weighted by atomic mass is 9.90. The van der Waals surface area contributed by atoms with Crippen molar-refractivity contribution in [3.05, 3.63) is 97.5 Å². The smallest absolute Gasteiger partial charge is 0.226 e. The summed E-state index contributed by atoms with van der Waals surface area (Å²) in [4.78, 5) is 4.67. The third-order valence-electron chi connectivity index (χ3n) is 6.67. The highest BCUT2D eigenvalue weighted by Crippen LogP contribution is 3.02. The minimum absolute atomic E-state index is 0.0828. The molecule has 0 unspecified atom stereocenters. The molecule has 0 saturated heterocycles. The van der Waals surface area contributed by atoms with E-state index in [-0.39, 0.29) is 56.9 Å². The van der Waals surface area contributed by atoms with Crippen LogP contribution in [0.1, 0.15) is 27.8 Å². The number of rotatable bonds is 1. The van der Waals surface area contributed by atoms with Crippen LogP contribution in [-0.2, 0) is 12.8 Å². The van der Waals surface area contributed by atoms with Crippen LogP contribution in [0, 0.1) is 42.7 Å². The number of aryl methyl sites for hydroxylation is 1. The molecule has 0 aromatic heterocycles. The van der Waals surface area contributed by atoms with Gasteiger partial charge in [-0.3, -0.25) is 0 Å². The molecule has 4 nitrogen and oxygen atoms in total. The fourth-order valence-electron chi connectivity index (χ4n) is 5.30. The third kappa shape index (κ3) is 3.54. The molecule has 3 aromatic carbocycles. The Morgan fingerprint density at radius 2 is 1.27 bits per heavy atom. The Morgan fingerprint density at radius 1 is 0.784 bits per heavy atom. The maximum absolute atomic E-state index is 13.6. The van der Waals surface area contributed by atoms with E-state index in [1.54, 1.807) is 6.07 Å². The molecule has 3 aromatic rings. The number of halogens is 5. The van der Waals surface area contributed by atoms with Gasteiger partial charge in [-0.15, -0.1) is 0 Å². The zero-order valence-electron chi connectivity index (χ0n) is 19.0. The van der Waals surface area contributed by atoms with E-state index in [0.717, 1.165) is 17.2 Å². The van der Waals surface area contributed by atoms with Crippen LogP contribution in [0.25, 0.3) is 43.3 Å². The number of hydrogen-bond donors (Lipinski definition) is 0. The van der Waals surface area contributed by atoms with Crippen molar-refractivity contribution < 1.29 is 19.4 Å². The molecule has 10 heteroatoms. The standard InChI is InChI=1S/C27H13F5N4S/c1-14-4-6-18-15(8-14)10-20-24(22(12-33)35-2)21-11-16-9-17(37(28,29,30,31)32)5-7-19(16)26(21)27(25(18)20)23(13-34)36-3/h4-9H,10-11H2,1H3/b24-22+,27-23+. The van der Waals surface area contributed by atoms with Crippen LogP contribution in [0.2, 0.25) is 0 Å². The van der Waals surface area contributed by atoms with Crippen LogP contribution in [0.4, 0.5) is 19.4 Å². The molecule has 0 atom stereocenters. The Balaban J connectivity index is 2.05. The highest BCUT2D eigenvalue weighted by molar-refractivity contribution is 8.45. The van der Waals surface area contributed by atoms with Gasteiger partial charge in [0.2, 0.25) is 0 Å². The first kappa shape index (κ1) is 24.1. The molecule has 37 heavy (non-hydrogen) atoms. The number of hydrogen-bond acceptors (Lipinski definition) is 2. The number of nitriles is 2. The second kappa shape index (κ2) is 6.98. The molecule has 0 radical (unpaired) electrons. The van der Waals surface area contributed by atoms with Gasteiger partial charge in [0.25, 0.3) is 11.4 Å². The van der Waals surface area contributed by atoms with Gasteiger partial charge in [-0.2, -0.15) is 0 Å². The van der Waals surface area contributed by atoms with Gasteiger partial charge in [-0.25, -0.2) is 20.2 Å². The number of fused-ring (bicyclic) bond motifs is 6. The van der Waals surface area contributed by atoms with Crippen molar-refractivity contribution >= 4 is 21.6 Å². The molecule has 0 heterocycles. The largest absolute Gasteiger partial charge is 0.310 e. The SMILES string of the molecule is [C-]#[N+]/C(C#N)=c1\c2c(/c(=C(/C#N)[N+]#[C-])c3c1Cc1cc(S(F)(F)(F)(F)F)ccc1-3)-c1ccc(C)cc1C2. The first-order valence-electron chi connectivity index (χ1n) is 10.7. The summed E-state index contributed by atoms with van der Waals surface area (Å²) in [5.41, 5.74) is 3.38. The van der Waals surface area contributed by atoms with Gasteiger partial charge in [0.1, 0.15) is 4.90 Å². The Hall–Kier alpha value is -4.64. The Labute approximate surface area is 208 Å². The lowest BCUT2D eigenvalue weighted by Crippen LogP contribution is -2.25. The van der Waals surface area contributed by atoms with Crippen LogP contribution >= 0.6 is 10.2 Å². The second-order valence-electron chi connectivity index (χ2n) is 8.90. The van der Waals surface area contributed by atoms with Crippen molar-refractivity contribution in [2.45, 2.75) is 24.7 Å². The molecule has 0 aliphatic heterocycles. The van der Waals surface area contributed by atoms with Gasteiger partial charge in [0.15, 0.2) is 0 Å². The van der Waals surface area contributed by atoms with E-state index in [1.165, 1.54) is 0 Å². The molecule has 0 fully saturated rings. The van der Waals surface area contributed by atoms with Gasteiger partial charge in [0.05, 0.1) is 25.3 Å². The molecular weight excluding hydrogens is 507 g/mol. The highest BCUT2D eigenvalue weighted by atomic mass is 32.5. The zero-order valence-corrected chi connectivity index (χ0v) is 19.8. The van der Waals surface area contributed by atoms with Crippen LogP contribution in [0.5, 0.6) is 0 Å². The Kier molecular flexibility index (Phi) is 4.54. The van der Waals surface area contributed by atoms with Crippen LogP contribution < -0.4 is 10.4 Å². The predicted octanol–water partition coefficient (Wildman–Crippen LogP) is 6.90. The van der Waals surface area contributed by atoms with Crippen molar-refractivity contribution in [1.29, 1.82) is 10.5 Å². The minimum Gasteiger partial charge on any atom is -0.226 e. The monoisotopic (exact) mass is 520 g/mol. The van der Waals surface area contributed by atoms with E-state index in [2.05, 4.69) is 9.69 Å². The van der Waals surface area contributed by atoms with Gasteiger partial charge in [0, 0.05) is 5.22 Å². The van der Waals surface area contributed by atoms with E-state index in [4.69, 9.17) is 13.1 Å². The second-order valence-corrected chi connectivity index (χ2v) is 11.3. The van der Waals surface area contributed by atoms with Crippen LogP contribution in [0.15, 0.2) is 41.3 Å². The third-order valence-corrected chi connectivity index (χ3v) is 7.82. The molecule has 182 valence electrons. The van der Waals surface area contributed by atoms with Crippen LogP contribution in [-0.4, -0.2) is 0 Å². The lowest BCUT2D eigenvalue weighted by Gasteiger charge is -2.40. The molecule has 0 spiro atoms. The van der Waals surface area contributed by atoms with Crippen LogP contribution in [0.3, 0.4) is 0 Å². The maximum atomic E-state index is 13.6. The van der Waals surface area contributed by atoms with Crippen molar-refractivity contribution in [1.82, 2.24) is 0 Å². The highest BCUT2D eigenvalue weighted by Gasteiger charge is 2.65. The van der Waals surface area contributed by atoms with Crippen molar-refractivity contribution in [3.63, 3.8) is 0 Å². The van der Waals surface area contributed by atoms with Crippen molar-refractivity contribution in [2.24, 2.45) is 0 Å². The van der Waals surface area contributed by atoms with Gasteiger partial charge in [-0.05, 0) is 81.6 Å². The predicted molar refractivity (Wildman–Crippen MR) is 130 cm³/mol. The summed E-state index contributed by atoms with van der Waals surface area (Å²) in [5, 5.41) is 20.0. The maximum Gasteiger partial charge on any atom is 0.310 e.